The van der Waals surface area contributed by atoms with Gasteiger partial charge in [0.1, 0.15) is 0 Å². The quantitative estimate of drug-likeness (QED) is 0.405. The molecule has 0 saturated heterocycles. The van der Waals surface area contributed by atoms with Gasteiger partial charge in [-0.1, -0.05) is 35.0 Å². The fourth-order valence-electron chi connectivity index (χ4n) is 1.19. The first-order chi connectivity index (χ1) is 4.20. The maximum absolute atomic E-state index is 3.97. The molecule has 0 N–H and O–H groups in total. The molecule has 1 heteroatoms. The predicted molar refractivity (Wildman–Crippen MR) is 44.9 cm³/mol. The van der Waals surface area contributed by atoms with Gasteiger partial charge < -0.3 is 0 Å². The van der Waals surface area contributed by atoms with Gasteiger partial charge in [-0.05, 0) is 25.2 Å². The van der Waals surface area contributed by atoms with Crippen molar-refractivity contribution in [1.82, 2.24) is 0 Å². The van der Waals surface area contributed by atoms with E-state index in [1.165, 1.54) is 24.8 Å². The van der Waals surface area contributed by atoms with Gasteiger partial charge in [0, 0.05) is 4.83 Å². The van der Waals surface area contributed by atoms with Crippen molar-refractivity contribution < 1.29 is 0 Å². The summed E-state index contributed by atoms with van der Waals surface area (Å²) < 4.78 is 0. The number of halogens is 1. The van der Waals surface area contributed by atoms with Crippen molar-refractivity contribution in [2.45, 2.75) is 31.0 Å². The van der Waals surface area contributed by atoms with Crippen LogP contribution in [0.15, 0.2) is 12.2 Å². The van der Waals surface area contributed by atoms with Gasteiger partial charge in [-0.25, -0.2) is 0 Å². The molecule has 1 aliphatic rings. The topological polar surface area (TPSA) is 0 Å². The van der Waals surface area contributed by atoms with Crippen LogP contribution in [-0.2, 0) is 0 Å². The first-order valence-electron chi connectivity index (χ1n) is 3.51. The summed E-state index contributed by atoms with van der Waals surface area (Å²) in [5.41, 5.74) is 1.41. The number of allylic oxidation sites excluding steroid dienone is 1. The van der Waals surface area contributed by atoms with Crippen molar-refractivity contribution in [2.75, 3.05) is 0 Å². The summed E-state index contributed by atoms with van der Waals surface area (Å²) in [5, 5.41) is 0. The van der Waals surface area contributed by atoms with Crippen LogP contribution >= 0.6 is 15.9 Å². The Morgan fingerprint density at radius 2 is 2.33 bits per heavy atom. The second-order valence-electron chi connectivity index (χ2n) is 2.99. The molecule has 0 aliphatic heterocycles. The van der Waals surface area contributed by atoms with Gasteiger partial charge >= 0.3 is 0 Å². The molecule has 0 aromatic heterocycles. The summed E-state index contributed by atoms with van der Waals surface area (Å²) in [6.45, 7) is 6.27. The molecular weight excluding hydrogens is 176 g/mol. The highest BCUT2D eigenvalue weighted by Gasteiger charge is 2.19. The lowest BCUT2D eigenvalue weighted by Gasteiger charge is -2.25. The molecule has 0 aromatic rings. The van der Waals surface area contributed by atoms with E-state index in [2.05, 4.69) is 29.4 Å². The molecule has 0 amide bonds. The van der Waals surface area contributed by atoms with E-state index >= 15 is 0 Å². The van der Waals surface area contributed by atoms with Gasteiger partial charge in [-0.15, -0.1) is 0 Å². The van der Waals surface area contributed by atoms with Crippen LogP contribution in [0.25, 0.3) is 0 Å². The fraction of sp³-hybridized carbons (Fsp3) is 0.750. The van der Waals surface area contributed by atoms with E-state index in [0.717, 1.165) is 5.92 Å². The van der Waals surface area contributed by atoms with Gasteiger partial charge in [0.15, 0.2) is 0 Å². The minimum Gasteiger partial charge on any atom is -0.0998 e. The van der Waals surface area contributed by atoms with Crippen molar-refractivity contribution in [3.8, 4) is 0 Å². The van der Waals surface area contributed by atoms with Crippen LogP contribution < -0.4 is 0 Å². The molecule has 52 valence electrons. The third-order valence-corrected chi connectivity index (χ3v) is 3.28. The molecule has 2 atom stereocenters. The van der Waals surface area contributed by atoms with Gasteiger partial charge in [0.05, 0.1) is 0 Å². The lowest BCUT2D eigenvalue weighted by molar-refractivity contribution is 0.464. The van der Waals surface area contributed by atoms with Crippen LogP contribution in [0.1, 0.15) is 26.2 Å². The molecule has 0 radical (unpaired) electrons. The zero-order valence-electron chi connectivity index (χ0n) is 5.86. The van der Waals surface area contributed by atoms with Gasteiger partial charge in [-0.3, -0.25) is 0 Å². The lowest BCUT2D eigenvalue weighted by Crippen LogP contribution is -2.16. The molecule has 2 unspecified atom stereocenters. The van der Waals surface area contributed by atoms with Crippen molar-refractivity contribution >= 4 is 15.9 Å². The summed E-state index contributed by atoms with van der Waals surface area (Å²) in [6, 6.07) is 0. The molecular formula is C8H13Br. The minimum atomic E-state index is 0.693. The van der Waals surface area contributed by atoms with E-state index in [9.17, 15) is 0 Å². The summed E-state index contributed by atoms with van der Waals surface area (Å²) >= 11 is 3.63. The lowest BCUT2D eigenvalue weighted by atomic mass is 9.88. The van der Waals surface area contributed by atoms with Crippen LogP contribution in [0.5, 0.6) is 0 Å². The highest BCUT2D eigenvalue weighted by molar-refractivity contribution is 9.09. The van der Waals surface area contributed by atoms with E-state index in [1.807, 2.05) is 0 Å². The molecule has 1 rings (SSSR count). The third kappa shape index (κ3) is 1.82. The van der Waals surface area contributed by atoms with Gasteiger partial charge in [0.2, 0.25) is 0 Å². The molecule has 0 aromatic carbocycles. The van der Waals surface area contributed by atoms with Crippen LogP contribution in [-0.4, -0.2) is 4.83 Å². The van der Waals surface area contributed by atoms with Crippen molar-refractivity contribution in [2.24, 2.45) is 5.92 Å². The first kappa shape index (κ1) is 7.33. The first-order valence-corrected chi connectivity index (χ1v) is 4.42. The van der Waals surface area contributed by atoms with Gasteiger partial charge in [-0.2, -0.15) is 0 Å². The van der Waals surface area contributed by atoms with E-state index in [4.69, 9.17) is 0 Å². The standard InChI is InChI=1S/C8H13Br/c1-6-3-4-7(2)8(9)5-6/h7-8H,1,3-5H2,2H3. The fourth-order valence-corrected chi connectivity index (χ4v) is 1.91. The summed E-state index contributed by atoms with van der Waals surface area (Å²) in [6.07, 6.45) is 3.74. The van der Waals surface area contributed by atoms with Crippen molar-refractivity contribution in [1.29, 1.82) is 0 Å². The Morgan fingerprint density at radius 1 is 1.67 bits per heavy atom. The molecule has 1 saturated carbocycles. The van der Waals surface area contributed by atoms with Crippen molar-refractivity contribution in [3.63, 3.8) is 0 Å². The number of rotatable bonds is 0. The molecule has 0 heterocycles. The summed E-state index contributed by atoms with van der Waals surface area (Å²) in [4.78, 5) is 0.693. The Morgan fingerprint density at radius 3 is 2.78 bits per heavy atom. The van der Waals surface area contributed by atoms with Crippen LogP contribution in [0, 0.1) is 5.92 Å². The molecule has 0 nitrogen and oxygen atoms in total. The Labute approximate surface area is 65.5 Å². The molecule has 1 aliphatic carbocycles. The molecule has 0 bridgehead atoms. The summed E-state index contributed by atoms with van der Waals surface area (Å²) in [5.74, 6) is 0.843. The zero-order chi connectivity index (χ0) is 6.85. The molecule has 0 spiro atoms. The van der Waals surface area contributed by atoms with Crippen LogP contribution in [0.4, 0.5) is 0 Å². The highest BCUT2D eigenvalue weighted by atomic mass is 79.9. The zero-order valence-corrected chi connectivity index (χ0v) is 7.45. The Balaban J connectivity index is 2.44. The maximum atomic E-state index is 3.97. The van der Waals surface area contributed by atoms with Crippen LogP contribution in [0.2, 0.25) is 0 Å². The van der Waals surface area contributed by atoms with Crippen LogP contribution in [0.3, 0.4) is 0 Å². The monoisotopic (exact) mass is 188 g/mol. The number of hydrogen-bond donors (Lipinski definition) is 0. The SMILES string of the molecule is C=C1CCC(C)C(Br)C1. The largest absolute Gasteiger partial charge is 0.0998 e. The molecule has 1 fully saturated rings. The van der Waals surface area contributed by atoms with Gasteiger partial charge in [0.25, 0.3) is 0 Å². The Bertz CT molecular complexity index is 118. The minimum absolute atomic E-state index is 0.693. The predicted octanol–water partition coefficient (Wildman–Crippen LogP) is 3.13. The Hall–Kier alpha value is 0.220. The van der Waals surface area contributed by atoms with E-state index < -0.39 is 0 Å². The highest BCUT2D eigenvalue weighted by Crippen LogP contribution is 2.31. The number of alkyl halides is 1. The van der Waals surface area contributed by atoms with E-state index in [-0.39, 0.29) is 0 Å². The molecule has 9 heavy (non-hydrogen) atoms. The van der Waals surface area contributed by atoms with E-state index in [1.54, 1.807) is 0 Å². The Kier molecular flexibility index (Phi) is 2.34. The average molecular weight is 189 g/mol. The maximum Gasteiger partial charge on any atom is 0.0208 e. The second kappa shape index (κ2) is 2.87. The normalized spacial score (nSPS) is 36.9. The third-order valence-electron chi connectivity index (χ3n) is 2.05. The smallest absolute Gasteiger partial charge is 0.0208 e. The second-order valence-corrected chi connectivity index (χ2v) is 4.16. The number of hydrogen-bond acceptors (Lipinski definition) is 0. The average Bonchev–Trinajstić information content (AvgIpc) is 1.80. The van der Waals surface area contributed by atoms with E-state index in [0.29, 0.717) is 4.83 Å². The van der Waals surface area contributed by atoms with Crippen molar-refractivity contribution in [3.05, 3.63) is 12.2 Å². The summed E-state index contributed by atoms with van der Waals surface area (Å²) in [7, 11) is 0.